The fraction of sp³-hybridized carbons (Fsp3) is 0.923. The first-order valence-corrected chi connectivity index (χ1v) is 6.35. The molecule has 0 aliphatic carbocycles. The third-order valence-corrected chi connectivity index (χ3v) is 2.94. The van der Waals surface area contributed by atoms with Gasteiger partial charge >= 0.3 is 0 Å². The molecule has 0 aromatic rings. The zero-order chi connectivity index (χ0) is 13.6. The monoisotopic (exact) mass is 243 g/mol. The average Bonchev–Trinajstić information content (AvgIpc) is 2.12. The molecule has 1 unspecified atom stereocenters. The van der Waals surface area contributed by atoms with Crippen molar-refractivity contribution in [1.82, 2.24) is 10.2 Å². The van der Waals surface area contributed by atoms with Gasteiger partial charge < -0.3 is 16.0 Å². The molecule has 0 aliphatic heterocycles. The minimum atomic E-state index is -0.268. The number of amides is 1. The highest BCUT2D eigenvalue weighted by Crippen LogP contribution is 2.08. The van der Waals surface area contributed by atoms with Crippen LogP contribution in [0.5, 0.6) is 0 Å². The van der Waals surface area contributed by atoms with E-state index >= 15 is 0 Å². The van der Waals surface area contributed by atoms with Crippen LogP contribution in [0.4, 0.5) is 0 Å². The molecule has 1 amide bonds. The summed E-state index contributed by atoms with van der Waals surface area (Å²) in [6.45, 7) is 8.92. The Labute approximate surface area is 106 Å². The molecule has 4 heteroatoms. The van der Waals surface area contributed by atoms with Crippen LogP contribution in [0.25, 0.3) is 0 Å². The largest absolute Gasteiger partial charge is 0.355 e. The Balaban J connectivity index is 3.97. The summed E-state index contributed by atoms with van der Waals surface area (Å²) in [4.78, 5) is 13.8. The fourth-order valence-corrected chi connectivity index (χ4v) is 1.76. The number of nitrogens with zero attached hydrogens (tertiary/aromatic N) is 1. The van der Waals surface area contributed by atoms with Crippen LogP contribution >= 0.6 is 0 Å². The smallest absolute Gasteiger partial charge is 0.220 e. The van der Waals surface area contributed by atoms with E-state index in [0.717, 1.165) is 0 Å². The van der Waals surface area contributed by atoms with Gasteiger partial charge in [0.1, 0.15) is 0 Å². The van der Waals surface area contributed by atoms with Gasteiger partial charge in [0, 0.05) is 24.5 Å². The highest BCUT2D eigenvalue weighted by atomic mass is 16.1. The second-order valence-corrected chi connectivity index (χ2v) is 6.07. The number of nitrogens with one attached hydrogen (secondary N) is 1. The summed E-state index contributed by atoms with van der Waals surface area (Å²) in [5.74, 6) is 0.618. The number of hydrogen-bond acceptors (Lipinski definition) is 3. The molecule has 102 valence electrons. The van der Waals surface area contributed by atoms with Crippen molar-refractivity contribution in [1.29, 1.82) is 0 Å². The second kappa shape index (κ2) is 6.97. The molecule has 17 heavy (non-hydrogen) atoms. The van der Waals surface area contributed by atoms with Crippen LogP contribution in [0.1, 0.15) is 40.5 Å². The number of nitrogens with two attached hydrogens (primary N) is 1. The zero-order valence-corrected chi connectivity index (χ0v) is 12.2. The minimum Gasteiger partial charge on any atom is -0.355 e. The van der Waals surface area contributed by atoms with E-state index in [4.69, 9.17) is 5.73 Å². The Kier molecular flexibility index (Phi) is 6.72. The van der Waals surface area contributed by atoms with Crippen molar-refractivity contribution in [2.45, 2.75) is 52.1 Å². The Morgan fingerprint density at radius 1 is 1.35 bits per heavy atom. The van der Waals surface area contributed by atoms with Gasteiger partial charge in [-0.05, 0) is 40.3 Å². The summed E-state index contributed by atoms with van der Waals surface area (Å²) in [6, 6.07) is 0.379. The summed E-state index contributed by atoms with van der Waals surface area (Å²) in [5.41, 5.74) is 5.58. The van der Waals surface area contributed by atoms with Crippen LogP contribution < -0.4 is 11.1 Å². The second-order valence-electron chi connectivity index (χ2n) is 6.07. The first-order chi connectivity index (χ1) is 7.63. The fourth-order valence-electron chi connectivity index (χ4n) is 1.76. The van der Waals surface area contributed by atoms with Crippen LogP contribution in [0.3, 0.4) is 0 Å². The van der Waals surface area contributed by atoms with Crippen LogP contribution in [0.15, 0.2) is 0 Å². The predicted molar refractivity (Wildman–Crippen MR) is 72.8 cm³/mol. The van der Waals surface area contributed by atoms with E-state index in [-0.39, 0.29) is 11.4 Å². The molecule has 0 bridgehead atoms. The van der Waals surface area contributed by atoms with Crippen molar-refractivity contribution in [3.8, 4) is 0 Å². The summed E-state index contributed by atoms with van der Waals surface area (Å²) in [5, 5.41) is 2.98. The van der Waals surface area contributed by atoms with E-state index < -0.39 is 0 Å². The number of hydrogen-bond donors (Lipinski definition) is 2. The van der Waals surface area contributed by atoms with Crippen molar-refractivity contribution in [3.63, 3.8) is 0 Å². The maximum atomic E-state index is 11.7. The number of rotatable bonds is 7. The molecule has 0 aromatic carbocycles. The van der Waals surface area contributed by atoms with E-state index in [1.54, 1.807) is 0 Å². The first-order valence-electron chi connectivity index (χ1n) is 6.35. The lowest BCUT2D eigenvalue weighted by molar-refractivity contribution is -0.121. The molecule has 3 N–H and O–H groups in total. The molecule has 0 radical (unpaired) electrons. The maximum Gasteiger partial charge on any atom is 0.220 e. The van der Waals surface area contributed by atoms with Gasteiger partial charge in [0.15, 0.2) is 0 Å². The van der Waals surface area contributed by atoms with Crippen molar-refractivity contribution in [2.75, 3.05) is 20.6 Å². The molecule has 4 nitrogen and oxygen atoms in total. The molecule has 0 saturated carbocycles. The number of likely N-dealkylation sites (N-methyl/N-ethyl adjacent to an activating group) is 1. The van der Waals surface area contributed by atoms with Crippen molar-refractivity contribution >= 4 is 5.91 Å². The summed E-state index contributed by atoms with van der Waals surface area (Å²) in [6.07, 6.45) is 1.22. The Morgan fingerprint density at radius 2 is 1.88 bits per heavy atom. The lowest BCUT2D eigenvalue weighted by atomic mass is 9.99. The van der Waals surface area contributed by atoms with Crippen LogP contribution in [0, 0.1) is 5.92 Å². The molecule has 0 rings (SSSR count). The highest BCUT2D eigenvalue weighted by molar-refractivity contribution is 5.75. The lowest BCUT2D eigenvalue weighted by Crippen LogP contribution is -2.44. The van der Waals surface area contributed by atoms with Crippen LogP contribution in [-0.4, -0.2) is 43.0 Å². The Bertz CT molecular complexity index is 223. The molecule has 0 aliphatic rings. The van der Waals surface area contributed by atoms with E-state index in [9.17, 15) is 4.79 Å². The maximum absolute atomic E-state index is 11.7. The molecule has 0 aromatic heterocycles. The average molecular weight is 243 g/mol. The van der Waals surface area contributed by atoms with E-state index in [2.05, 4.69) is 24.1 Å². The van der Waals surface area contributed by atoms with Crippen LogP contribution in [0.2, 0.25) is 0 Å². The first kappa shape index (κ1) is 16.4. The van der Waals surface area contributed by atoms with E-state index in [1.165, 1.54) is 0 Å². The Hall–Kier alpha value is -0.610. The molecule has 0 saturated heterocycles. The number of carbonyl (C=O) groups is 1. The van der Waals surface area contributed by atoms with Crippen molar-refractivity contribution < 1.29 is 4.79 Å². The lowest BCUT2D eigenvalue weighted by Gasteiger charge is -2.28. The summed E-state index contributed by atoms with van der Waals surface area (Å²) in [7, 11) is 4.08. The molecular formula is C13H29N3O. The SMILES string of the molecule is CC(C)C(CNC(=O)CCC(C)(C)N)N(C)C. The van der Waals surface area contributed by atoms with Gasteiger partial charge in [0.05, 0.1) is 0 Å². The molecular weight excluding hydrogens is 214 g/mol. The normalized spacial score (nSPS) is 14.2. The zero-order valence-electron chi connectivity index (χ0n) is 12.2. The molecule has 0 fully saturated rings. The quantitative estimate of drug-likeness (QED) is 0.706. The van der Waals surface area contributed by atoms with Crippen molar-refractivity contribution in [3.05, 3.63) is 0 Å². The molecule has 0 heterocycles. The highest BCUT2D eigenvalue weighted by Gasteiger charge is 2.17. The Morgan fingerprint density at radius 3 is 2.24 bits per heavy atom. The summed E-state index contributed by atoms with van der Waals surface area (Å²) < 4.78 is 0. The van der Waals surface area contributed by atoms with Gasteiger partial charge in [0.2, 0.25) is 5.91 Å². The minimum absolute atomic E-state index is 0.0935. The van der Waals surface area contributed by atoms with Gasteiger partial charge in [-0.25, -0.2) is 0 Å². The van der Waals surface area contributed by atoms with Crippen molar-refractivity contribution in [2.24, 2.45) is 11.7 Å². The van der Waals surface area contributed by atoms with Gasteiger partial charge in [-0.1, -0.05) is 13.8 Å². The van der Waals surface area contributed by atoms with Gasteiger partial charge in [-0.3, -0.25) is 4.79 Å². The predicted octanol–water partition coefficient (Wildman–Crippen LogP) is 1.21. The molecule has 1 atom stereocenters. The third-order valence-electron chi connectivity index (χ3n) is 2.94. The van der Waals surface area contributed by atoms with E-state index in [1.807, 2.05) is 27.9 Å². The third kappa shape index (κ3) is 8.16. The van der Waals surface area contributed by atoms with Gasteiger partial charge in [0.25, 0.3) is 0 Å². The number of carbonyl (C=O) groups excluding carboxylic acids is 1. The topological polar surface area (TPSA) is 58.4 Å². The van der Waals surface area contributed by atoms with Crippen LogP contribution in [-0.2, 0) is 4.79 Å². The standard InChI is InChI=1S/C13H29N3O/c1-10(2)11(16(5)6)9-15-12(17)7-8-13(3,4)14/h10-11H,7-9,14H2,1-6H3,(H,15,17). The van der Waals surface area contributed by atoms with Gasteiger partial charge in [-0.15, -0.1) is 0 Å². The molecule has 0 spiro atoms. The van der Waals surface area contributed by atoms with Gasteiger partial charge in [-0.2, -0.15) is 0 Å². The van der Waals surface area contributed by atoms with E-state index in [0.29, 0.717) is 31.3 Å². The summed E-state index contributed by atoms with van der Waals surface area (Å²) >= 11 is 0.